The van der Waals surface area contributed by atoms with Crippen molar-refractivity contribution < 1.29 is 4.74 Å². The van der Waals surface area contributed by atoms with E-state index in [-0.39, 0.29) is 15.8 Å². The minimum Gasteiger partial charge on any atom is -0.489 e. The Morgan fingerprint density at radius 2 is 1.42 bits per heavy atom. The van der Waals surface area contributed by atoms with Gasteiger partial charge >= 0.3 is 0 Å². The minimum absolute atomic E-state index is 0.159. The summed E-state index contributed by atoms with van der Waals surface area (Å²) in [7, 11) is 0.318. The third-order valence-electron chi connectivity index (χ3n) is 5.91. The molecule has 26 heavy (non-hydrogen) atoms. The van der Waals surface area contributed by atoms with Gasteiger partial charge in [-0.1, -0.05) is 66.1 Å². The molecule has 0 aliphatic carbocycles. The Bertz CT molecular complexity index is 686. The Morgan fingerprint density at radius 1 is 0.808 bits per heavy atom. The first-order valence-electron chi connectivity index (χ1n) is 10.1. The van der Waals surface area contributed by atoms with Crippen molar-refractivity contribution in [2.24, 2.45) is 0 Å². The fraction of sp³-hybridized carbons (Fsp3) is 0.478. The van der Waals surface area contributed by atoms with Crippen LogP contribution in [-0.4, -0.2) is 23.6 Å². The molecule has 2 aromatic carbocycles. The van der Waals surface area contributed by atoms with Crippen molar-refractivity contribution in [3.63, 3.8) is 0 Å². The molecule has 0 amide bonds. The summed E-state index contributed by atoms with van der Waals surface area (Å²) in [4.78, 5) is 0. The van der Waals surface area contributed by atoms with Crippen LogP contribution in [0.15, 0.2) is 48.5 Å². The predicted octanol–water partition coefficient (Wildman–Crippen LogP) is 5.84. The molecule has 4 unspecified atom stereocenters. The average Bonchev–Trinajstić information content (AvgIpc) is 3.36. The Labute approximate surface area is 161 Å². The summed E-state index contributed by atoms with van der Waals surface area (Å²) < 4.78 is 5.18. The zero-order valence-corrected chi connectivity index (χ0v) is 17.8. The summed E-state index contributed by atoms with van der Waals surface area (Å²) >= 11 is 0. The van der Waals surface area contributed by atoms with Gasteiger partial charge in [-0.3, -0.25) is 0 Å². The molecule has 0 saturated carbocycles. The molecule has 4 atom stereocenters. The number of hydrogen-bond donors (Lipinski definition) is 0. The van der Waals surface area contributed by atoms with Gasteiger partial charge in [0.15, 0.2) is 0 Å². The van der Waals surface area contributed by atoms with Crippen LogP contribution in [0.2, 0.25) is 0 Å². The van der Waals surface area contributed by atoms with Crippen LogP contribution < -0.4 is 15.3 Å². The summed E-state index contributed by atoms with van der Waals surface area (Å²) in [5.74, 6) is 1.00. The molecular formula is C23H30OP2. The lowest BCUT2D eigenvalue weighted by molar-refractivity contribution is 0.328. The lowest BCUT2D eigenvalue weighted by Gasteiger charge is -2.25. The Hall–Kier alpha value is -0.900. The van der Waals surface area contributed by atoms with Crippen molar-refractivity contribution in [1.29, 1.82) is 0 Å². The first-order chi connectivity index (χ1) is 12.7. The van der Waals surface area contributed by atoms with Gasteiger partial charge in [0.25, 0.3) is 0 Å². The summed E-state index contributed by atoms with van der Waals surface area (Å²) in [6.45, 7) is 5.74. The molecule has 138 valence electrons. The number of rotatable bonds is 2. The minimum atomic E-state index is 0.159. The van der Waals surface area contributed by atoms with E-state index in [2.05, 4.69) is 50.2 Å². The van der Waals surface area contributed by atoms with Gasteiger partial charge in [0.05, 0.1) is 0 Å². The van der Waals surface area contributed by atoms with Crippen LogP contribution >= 0.6 is 15.8 Å². The highest BCUT2D eigenvalue weighted by atomic mass is 31.1. The van der Waals surface area contributed by atoms with Gasteiger partial charge in [0.1, 0.15) is 12.4 Å². The number of fused-ring (bicyclic) bond motifs is 2. The Balaban J connectivity index is 0.000000174. The van der Waals surface area contributed by atoms with E-state index in [4.69, 9.17) is 4.74 Å². The quantitative estimate of drug-likeness (QED) is 0.591. The third-order valence-corrected chi connectivity index (χ3v) is 12.3. The summed E-state index contributed by atoms with van der Waals surface area (Å²) in [6, 6.07) is 17.6. The molecule has 0 N–H and O–H groups in total. The zero-order valence-electron chi connectivity index (χ0n) is 16.0. The van der Waals surface area contributed by atoms with Crippen molar-refractivity contribution >= 4 is 26.5 Å². The maximum absolute atomic E-state index is 5.18. The molecule has 2 fully saturated rings. The maximum Gasteiger partial charge on any atom is 0.120 e. The van der Waals surface area contributed by atoms with E-state index in [1.807, 2.05) is 12.1 Å². The molecule has 3 heterocycles. The molecular weight excluding hydrogens is 354 g/mol. The van der Waals surface area contributed by atoms with Crippen LogP contribution in [0.3, 0.4) is 0 Å². The van der Waals surface area contributed by atoms with Crippen molar-refractivity contribution in [3.8, 4) is 5.75 Å². The summed E-state index contributed by atoms with van der Waals surface area (Å²) in [6.07, 6.45) is 8.85. The summed E-state index contributed by atoms with van der Waals surface area (Å²) in [5, 5.41) is 3.58. The molecule has 5 rings (SSSR count). The van der Waals surface area contributed by atoms with E-state index in [0.717, 1.165) is 23.7 Å². The van der Waals surface area contributed by atoms with E-state index in [0.29, 0.717) is 0 Å². The molecule has 0 aromatic heterocycles. The van der Waals surface area contributed by atoms with Crippen LogP contribution in [0.1, 0.15) is 45.1 Å². The second-order valence-corrected chi connectivity index (χ2v) is 13.3. The second-order valence-electron chi connectivity index (χ2n) is 7.79. The molecule has 1 nitrogen and oxygen atoms in total. The third kappa shape index (κ3) is 4.00. The monoisotopic (exact) mass is 384 g/mol. The standard InChI is InChI=1S/C16H24P2.C7H6O/c1-13-7-5-11-17(13)15-9-3-4-10-16(15)18-12-6-8-14(18)2;1-2-6-4-7(3-1)8-5-6/h3-4,9-10,13-14H,5-8,11-12H2,1-2H3;1-4H,5H2. The predicted molar refractivity (Wildman–Crippen MR) is 117 cm³/mol. The van der Waals surface area contributed by atoms with E-state index >= 15 is 0 Å². The van der Waals surface area contributed by atoms with E-state index in [1.165, 1.54) is 43.6 Å². The van der Waals surface area contributed by atoms with Crippen LogP contribution in [0, 0.1) is 0 Å². The van der Waals surface area contributed by atoms with Crippen LogP contribution in [0.5, 0.6) is 5.75 Å². The largest absolute Gasteiger partial charge is 0.489 e. The highest BCUT2D eigenvalue weighted by Gasteiger charge is 2.31. The molecule has 0 radical (unpaired) electrons. The fourth-order valence-corrected chi connectivity index (χ4v) is 10.8. The molecule has 2 aromatic rings. The maximum atomic E-state index is 5.18. The smallest absolute Gasteiger partial charge is 0.120 e. The molecule has 3 heteroatoms. The first kappa shape index (κ1) is 18.5. The van der Waals surface area contributed by atoms with E-state index < -0.39 is 0 Å². The highest BCUT2D eigenvalue weighted by molar-refractivity contribution is 7.72. The van der Waals surface area contributed by atoms with Crippen molar-refractivity contribution in [2.45, 2.75) is 57.5 Å². The summed E-state index contributed by atoms with van der Waals surface area (Å²) in [5.41, 5.74) is 3.21. The number of hydrogen-bond acceptors (Lipinski definition) is 1. The lowest BCUT2D eigenvalue weighted by atomic mass is 10.2. The Morgan fingerprint density at radius 3 is 1.88 bits per heavy atom. The molecule has 0 spiro atoms. The van der Waals surface area contributed by atoms with Crippen LogP contribution in [-0.2, 0) is 6.61 Å². The molecule has 2 bridgehead atoms. The second kappa shape index (κ2) is 8.41. The van der Waals surface area contributed by atoms with Gasteiger partial charge in [-0.2, -0.15) is 0 Å². The van der Waals surface area contributed by atoms with Crippen LogP contribution in [0.4, 0.5) is 0 Å². The van der Waals surface area contributed by atoms with Gasteiger partial charge in [-0.25, -0.2) is 0 Å². The topological polar surface area (TPSA) is 9.23 Å². The Kier molecular flexibility index (Phi) is 5.97. The van der Waals surface area contributed by atoms with Gasteiger partial charge < -0.3 is 4.74 Å². The number of benzene rings is 2. The van der Waals surface area contributed by atoms with Crippen molar-refractivity contribution in [3.05, 3.63) is 54.1 Å². The number of ether oxygens (including phenoxy) is 1. The van der Waals surface area contributed by atoms with E-state index in [9.17, 15) is 0 Å². The van der Waals surface area contributed by atoms with Crippen LogP contribution in [0.25, 0.3) is 0 Å². The fourth-order valence-electron chi connectivity index (χ4n) is 4.42. The molecule has 2 saturated heterocycles. The van der Waals surface area contributed by atoms with Crippen molar-refractivity contribution in [2.75, 3.05) is 12.3 Å². The normalized spacial score (nSPS) is 29.2. The van der Waals surface area contributed by atoms with Gasteiger partial charge in [-0.15, -0.1) is 0 Å². The van der Waals surface area contributed by atoms with E-state index in [1.54, 1.807) is 10.6 Å². The van der Waals surface area contributed by atoms with Gasteiger partial charge in [-0.05, 0) is 77.6 Å². The average molecular weight is 384 g/mol. The van der Waals surface area contributed by atoms with Gasteiger partial charge in [0, 0.05) is 0 Å². The first-order valence-corrected chi connectivity index (χ1v) is 13.3. The molecule has 3 aliphatic heterocycles. The SMILES string of the molecule is CC1CCCP1c1ccccc1P1CCCC1C.c1cc2cc(c1)OC2. The zero-order chi connectivity index (χ0) is 17.9. The molecule has 3 aliphatic rings. The lowest BCUT2D eigenvalue weighted by Crippen LogP contribution is -2.25. The van der Waals surface area contributed by atoms with Crippen molar-refractivity contribution in [1.82, 2.24) is 0 Å². The van der Waals surface area contributed by atoms with Gasteiger partial charge in [0.2, 0.25) is 0 Å². The highest BCUT2D eigenvalue weighted by Crippen LogP contribution is 2.53.